The zero-order valence-electron chi connectivity index (χ0n) is 10.0. The lowest BCUT2D eigenvalue weighted by molar-refractivity contribution is 0.223. The molecule has 0 saturated heterocycles. The van der Waals surface area contributed by atoms with E-state index in [0.717, 1.165) is 28.6 Å². The fourth-order valence-electron chi connectivity index (χ4n) is 2.42. The Hall–Kier alpha value is -0.280. The molecule has 2 nitrogen and oxygen atoms in total. The van der Waals surface area contributed by atoms with Crippen LogP contribution < -0.4 is 5.32 Å². The summed E-state index contributed by atoms with van der Waals surface area (Å²) in [5.41, 5.74) is 0. The van der Waals surface area contributed by atoms with E-state index in [0.29, 0.717) is 6.04 Å². The second-order valence-electron chi connectivity index (χ2n) is 5.04. The average molecular weight is 286 g/mol. The molecule has 3 unspecified atom stereocenters. The van der Waals surface area contributed by atoms with Gasteiger partial charge in [0, 0.05) is 6.04 Å². The van der Waals surface area contributed by atoms with Crippen LogP contribution in [0, 0.1) is 11.8 Å². The maximum Gasteiger partial charge on any atom is 0.131 e. The van der Waals surface area contributed by atoms with Gasteiger partial charge >= 0.3 is 0 Å². The Labute approximate surface area is 106 Å². The highest BCUT2D eigenvalue weighted by molar-refractivity contribution is 9.10. The topological polar surface area (TPSA) is 25.2 Å². The van der Waals surface area contributed by atoms with Gasteiger partial charge < -0.3 is 9.73 Å². The molecule has 3 heteroatoms. The highest BCUT2D eigenvalue weighted by Crippen LogP contribution is 2.29. The molecule has 1 saturated carbocycles. The molecule has 0 aromatic carbocycles. The van der Waals surface area contributed by atoms with Crippen molar-refractivity contribution >= 4 is 15.9 Å². The average Bonchev–Trinajstić information content (AvgIpc) is 2.66. The second-order valence-corrected chi connectivity index (χ2v) is 5.89. The van der Waals surface area contributed by atoms with Gasteiger partial charge in [-0.2, -0.15) is 0 Å². The van der Waals surface area contributed by atoms with Gasteiger partial charge in [-0.05, 0) is 53.1 Å². The molecule has 1 aromatic heterocycles. The van der Waals surface area contributed by atoms with Gasteiger partial charge in [-0.3, -0.25) is 0 Å². The monoisotopic (exact) mass is 285 g/mol. The molecular weight excluding hydrogens is 266 g/mol. The zero-order chi connectivity index (χ0) is 11.5. The fraction of sp³-hybridized carbons (Fsp3) is 0.692. The van der Waals surface area contributed by atoms with Gasteiger partial charge in [0.2, 0.25) is 0 Å². The molecule has 2 rings (SSSR count). The molecule has 0 spiro atoms. The first kappa shape index (κ1) is 12.2. The quantitative estimate of drug-likeness (QED) is 0.910. The molecule has 3 atom stereocenters. The summed E-state index contributed by atoms with van der Waals surface area (Å²) in [6.07, 6.45) is 5.66. The lowest BCUT2D eigenvalue weighted by Gasteiger charge is -2.32. The summed E-state index contributed by atoms with van der Waals surface area (Å²) in [5.74, 6) is 2.73. The summed E-state index contributed by atoms with van der Waals surface area (Å²) in [4.78, 5) is 0. The van der Waals surface area contributed by atoms with Crippen molar-refractivity contribution in [1.29, 1.82) is 0 Å². The molecule has 0 aliphatic heterocycles. The Balaban J connectivity index is 1.81. The molecule has 1 fully saturated rings. The third-order valence-electron chi connectivity index (χ3n) is 3.84. The van der Waals surface area contributed by atoms with Crippen molar-refractivity contribution in [3.05, 3.63) is 22.6 Å². The minimum absolute atomic E-state index is 0.656. The Morgan fingerprint density at radius 3 is 2.81 bits per heavy atom. The molecule has 0 bridgehead atoms. The van der Waals surface area contributed by atoms with Crippen LogP contribution in [0.1, 0.15) is 38.9 Å². The van der Waals surface area contributed by atoms with E-state index in [-0.39, 0.29) is 0 Å². The lowest BCUT2D eigenvalue weighted by atomic mass is 9.79. The maximum absolute atomic E-state index is 5.39. The van der Waals surface area contributed by atoms with Crippen LogP contribution in [0.5, 0.6) is 0 Å². The van der Waals surface area contributed by atoms with Gasteiger partial charge in [0.25, 0.3) is 0 Å². The van der Waals surface area contributed by atoms with Crippen LogP contribution in [0.2, 0.25) is 0 Å². The number of nitrogens with one attached hydrogen (secondary N) is 1. The number of rotatable bonds is 3. The van der Waals surface area contributed by atoms with Crippen LogP contribution in [0.4, 0.5) is 0 Å². The Morgan fingerprint density at radius 1 is 1.38 bits per heavy atom. The molecule has 1 N–H and O–H groups in total. The van der Waals surface area contributed by atoms with E-state index in [9.17, 15) is 0 Å². The van der Waals surface area contributed by atoms with Gasteiger partial charge in [-0.15, -0.1) is 0 Å². The second kappa shape index (κ2) is 5.37. The van der Waals surface area contributed by atoms with Crippen LogP contribution in [0.15, 0.2) is 21.2 Å². The van der Waals surface area contributed by atoms with E-state index >= 15 is 0 Å². The molecule has 1 aliphatic rings. The summed E-state index contributed by atoms with van der Waals surface area (Å²) < 4.78 is 6.46. The van der Waals surface area contributed by atoms with Crippen molar-refractivity contribution in [2.75, 3.05) is 0 Å². The summed E-state index contributed by atoms with van der Waals surface area (Å²) >= 11 is 3.48. The summed E-state index contributed by atoms with van der Waals surface area (Å²) in [5, 5.41) is 3.59. The fourth-order valence-corrected chi connectivity index (χ4v) is 2.76. The van der Waals surface area contributed by atoms with Crippen LogP contribution in [0.25, 0.3) is 0 Å². The van der Waals surface area contributed by atoms with Crippen LogP contribution >= 0.6 is 15.9 Å². The van der Waals surface area contributed by atoms with Crippen LogP contribution in [0.3, 0.4) is 0 Å². The largest absolute Gasteiger partial charge is 0.467 e. The first-order valence-corrected chi connectivity index (χ1v) is 6.91. The van der Waals surface area contributed by atoms with Crippen molar-refractivity contribution in [3.8, 4) is 0 Å². The van der Waals surface area contributed by atoms with E-state index in [1.807, 2.05) is 6.07 Å². The third kappa shape index (κ3) is 2.89. The third-order valence-corrected chi connectivity index (χ3v) is 4.55. The van der Waals surface area contributed by atoms with Gasteiger partial charge in [0.1, 0.15) is 5.76 Å². The lowest BCUT2D eigenvalue weighted by Crippen LogP contribution is -2.35. The SMILES string of the molecule is CC1CCC(NCc2occc2Br)CC1C. The smallest absolute Gasteiger partial charge is 0.131 e. The van der Waals surface area contributed by atoms with E-state index in [4.69, 9.17) is 4.42 Å². The minimum atomic E-state index is 0.656. The predicted octanol–water partition coefficient (Wildman–Crippen LogP) is 3.96. The first-order valence-electron chi connectivity index (χ1n) is 6.12. The van der Waals surface area contributed by atoms with Crippen LogP contribution in [-0.2, 0) is 6.54 Å². The number of hydrogen-bond donors (Lipinski definition) is 1. The summed E-state index contributed by atoms with van der Waals surface area (Å²) in [7, 11) is 0. The summed E-state index contributed by atoms with van der Waals surface area (Å²) in [6, 6.07) is 2.60. The van der Waals surface area contributed by atoms with Gasteiger partial charge in [0.05, 0.1) is 17.3 Å². The maximum atomic E-state index is 5.39. The van der Waals surface area contributed by atoms with Crippen molar-refractivity contribution in [3.63, 3.8) is 0 Å². The highest BCUT2D eigenvalue weighted by atomic mass is 79.9. The molecule has 16 heavy (non-hydrogen) atoms. The molecular formula is C13H20BrNO. The predicted molar refractivity (Wildman–Crippen MR) is 69.2 cm³/mol. The standard InChI is InChI=1S/C13H20BrNO/c1-9-3-4-11(7-10(9)2)15-8-13-12(14)5-6-16-13/h5-6,9-11,15H,3-4,7-8H2,1-2H3. The highest BCUT2D eigenvalue weighted by Gasteiger charge is 2.24. The normalized spacial score (nSPS) is 30.6. The molecule has 1 aromatic rings. The van der Waals surface area contributed by atoms with E-state index in [2.05, 4.69) is 35.1 Å². The number of halogens is 1. The zero-order valence-corrected chi connectivity index (χ0v) is 11.6. The van der Waals surface area contributed by atoms with E-state index < -0.39 is 0 Å². The van der Waals surface area contributed by atoms with E-state index in [1.54, 1.807) is 6.26 Å². The van der Waals surface area contributed by atoms with E-state index in [1.165, 1.54) is 19.3 Å². The van der Waals surface area contributed by atoms with Crippen molar-refractivity contribution < 1.29 is 4.42 Å². The molecule has 0 amide bonds. The van der Waals surface area contributed by atoms with Crippen molar-refractivity contribution in [2.24, 2.45) is 11.8 Å². The first-order chi connectivity index (χ1) is 7.66. The Kier molecular flexibility index (Phi) is 4.09. The summed E-state index contributed by atoms with van der Waals surface area (Å²) in [6.45, 7) is 5.56. The molecule has 90 valence electrons. The van der Waals surface area contributed by atoms with Crippen LogP contribution in [-0.4, -0.2) is 6.04 Å². The number of furan rings is 1. The van der Waals surface area contributed by atoms with Gasteiger partial charge in [-0.1, -0.05) is 13.8 Å². The molecule has 0 radical (unpaired) electrons. The van der Waals surface area contributed by atoms with Crippen molar-refractivity contribution in [2.45, 2.75) is 45.7 Å². The Morgan fingerprint density at radius 2 is 2.19 bits per heavy atom. The Bertz CT molecular complexity index is 336. The molecule has 1 heterocycles. The van der Waals surface area contributed by atoms with Gasteiger partial charge in [-0.25, -0.2) is 0 Å². The number of hydrogen-bond acceptors (Lipinski definition) is 2. The minimum Gasteiger partial charge on any atom is -0.467 e. The molecule has 1 aliphatic carbocycles. The van der Waals surface area contributed by atoms with Gasteiger partial charge in [0.15, 0.2) is 0 Å². The van der Waals surface area contributed by atoms with Crippen molar-refractivity contribution in [1.82, 2.24) is 5.32 Å².